The van der Waals surface area contributed by atoms with Gasteiger partial charge in [-0.15, -0.1) is 0 Å². The van der Waals surface area contributed by atoms with Crippen molar-refractivity contribution in [2.24, 2.45) is 35.5 Å². The van der Waals surface area contributed by atoms with Gasteiger partial charge in [-0.1, -0.05) is 0 Å². The molecule has 4 saturated heterocycles. The van der Waals surface area contributed by atoms with Crippen LogP contribution >= 0.6 is 0 Å². The molecule has 0 bridgehead atoms. The zero-order valence-electron chi connectivity index (χ0n) is 33.2. The Labute approximate surface area is 337 Å². The standard InChI is InChI=1S/C40H66O18/c1-52-27-6-15(7-28(53-2)32(27)48)37-39(58-40-35(51)34(50)33(49)29(13-41)56-40)18-11-26(54-24-8-16(42)9-25(55-37)30(18)24)31-22(46)12-20(44)17-10-23(47)36(57-38(17)31)14-3-4-19(43)21(45)5-14/h14-51H,3-13H2,1-2H3/p+1. The number of hydrogen-bond donors (Lipinski definition) is 11. The average Bonchev–Trinajstić information content (AvgIpc) is 3.19. The molecule has 4 aliphatic heterocycles. The summed E-state index contributed by atoms with van der Waals surface area (Å²) in [5, 5.41) is 120. The highest BCUT2D eigenvalue weighted by Crippen LogP contribution is 2.54. The first-order chi connectivity index (χ1) is 27.7. The van der Waals surface area contributed by atoms with E-state index in [2.05, 4.69) is 0 Å². The lowest BCUT2D eigenvalue weighted by Gasteiger charge is -2.58. The highest BCUT2D eigenvalue weighted by Gasteiger charge is 2.64. The summed E-state index contributed by atoms with van der Waals surface area (Å²) in [6, 6.07) is 0. The van der Waals surface area contributed by atoms with Gasteiger partial charge in [0.1, 0.15) is 36.6 Å². The Morgan fingerprint density at radius 2 is 1.26 bits per heavy atom. The molecule has 4 aliphatic carbocycles. The summed E-state index contributed by atoms with van der Waals surface area (Å²) in [6.45, 7) is -0.650. The summed E-state index contributed by atoms with van der Waals surface area (Å²) in [5.74, 6) is -2.47. The van der Waals surface area contributed by atoms with Gasteiger partial charge >= 0.3 is 0 Å². The minimum atomic E-state index is -1.69. The van der Waals surface area contributed by atoms with Crippen molar-refractivity contribution < 1.29 is 89.3 Å². The van der Waals surface area contributed by atoms with E-state index in [1.54, 1.807) is 0 Å². The Bertz CT molecular complexity index is 1350. The fourth-order valence-electron chi connectivity index (χ4n) is 12.6. The Morgan fingerprint density at radius 1 is 0.552 bits per heavy atom. The zero-order valence-corrected chi connectivity index (χ0v) is 33.2. The van der Waals surface area contributed by atoms with Crippen molar-refractivity contribution in [2.45, 2.75) is 193 Å². The molecular formula is C40H67O18+. The lowest BCUT2D eigenvalue weighted by atomic mass is 9.61. The van der Waals surface area contributed by atoms with Crippen LogP contribution in [0.25, 0.3) is 0 Å². The molecule has 12 N–H and O–H groups in total. The molecule has 0 radical (unpaired) electrons. The summed E-state index contributed by atoms with van der Waals surface area (Å²) >= 11 is 0. The Kier molecular flexibility index (Phi) is 13.5. The predicted octanol–water partition coefficient (Wildman–Crippen LogP) is -3.81. The molecule has 18 nitrogen and oxygen atoms in total. The van der Waals surface area contributed by atoms with Gasteiger partial charge in [0.2, 0.25) is 0 Å². The molecule has 18 heteroatoms. The lowest BCUT2D eigenvalue weighted by molar-refractivity contribution is -0.384. The first-order valence-electron chi connectivity index (χ1n) is 21.5. The van der Waals surface area contributed by atoms with Crippen molar-refractivity contribution in [3.8, 4) is 0 Å². The Balaban J connectivity index is 1.14. The van der Waals surface area contributed by atoms with Gasteiger partial charge in [0.15, 0.2) is 18.5 Å². The molecule has 8 fully saturated rings. The maximum Gasteiger partial charge on any atom is 0.187 e. The van der Waals surface area contributed by atoms with Crippen molar-refractivity contribution >= 4 is 0 Å². The third-order valence-electron chi connectivity index (χ3n) is 15.6. The van der Waals surface area contributed by atoms with Gasteiger partial charge in [-0.05, 0) is 50.9 Å². The Morgan fingerprint density at radius 3 is 1.93 bits per heavy atom. The van der Waals surface area contributed by atoms with Gasteiger partial charge in [0.25, 0.3) is 0 Å². The van der Waals surface area contributed by atoms with Crippen molar-refractivity contribution in [2.75, 3.05) is 20.8 Å². The molecule has 8 rings (SSSR count). The topological polar surface area (TPSA) is 291 Å². The third-order valence-corrected chi connectivity index (χ3v) is 15.6. The van der Waals surface area contributed by atoms with Crippen LogP contribution < -0.4 is 0 Å². The highest BCUT2D eigenvalue weighted by atomic mass is 16.7. The number of ether oxygens (including phenoxy) is 7. The van der Waals surface area contributed by atoms with E-state index in [0.29, 0.717) is 38.5 Å². The van der Waals surface area contributed by atoms with E-state index in [-0.39, 0.29) is 49.5 Å². The van der Waals surface area contributed by atoms with Crippen LogP contribution in [0.1, 0.15) is 64.2 Å². The fourth-order valence-corrected chi connectivity index (χ4v) is 12.6. The van der Waals surface area contributed by atoms with Crippen molar-refractivity contribution in [3.63, 3.8) is 0 Å². The van der Waals surface area contributed by atoms with E-state index in [9.17, 15) is 56.2 Å². The monoisotopic (exact) mass is 835 g/mol. The number of fused-ring (bicyclic) bond motifs is 1. The van der Waals surface area contributed by atoms with Crippen LogP contribution in [0.5, 0.6) is 0 Å². The van der Waals surface area contributed by atoms with Crippen LogP contribution in [0.15, 0.2) is 0 Å². The van der Waals surface area contributed by atoms with E-state index < -0.39 is 147 Å². The van der Waals surface area contributed by atoms with Crippen LogP contribution in [0.4, 0.5) is 0 Å². The van der Waals surface area contributed by atoms with E-state index in [1.807, 2.05) is 0 Å². The fraction of sp³-hybridized carbons (Fsp3) is 1.00. The lowest BCUT2D eigenvalue weighted by Crippen LogP contribution is -2.69. The molecule has 8 aliphatic rings. The third kappa shape index (κ3) is 8.05. The SMILES string of the molecule is COC1CC(C2[OH+]C3CC(O)CC4OC(C5C(O)CC(O)C6CC(O)C(C7CCC(O)C(O)C7)OC65)CC(C2OC2OC(CO)C(O)C(O)C2O)C43)CC(OC)C1O. The Hall–Kier alpha value is -0.720. The summed E-state index contributed by atoms with van der Waals surface area (Å²) < 4.78 is 43.2. The van der Waals surface area contributed by atoms with Gasteiger partial charge in [-0.25, -0.2) is 0 Å². The number of aliphatic hydroxyl groups is 13. The summed E-state index contributed by atoms with van der Waals surface area (Å²) in [6.07, 6.45) is -16.9. The molecule has 25 unspecified atom stereocenters. The minimum absolute atomic E-state index is 0.0226. The van der Waals surface area contributed by atoms with Crippen LogP contribution in [0, 0.1) is 35.5 Å². The zero-order chi connectivity index (χ0) is 41.3. The molecular weight excluding hydrogens is 768 g/mol. The van der Waals surface area contributed by atoms with Gasteiger partial charge in [-0.2, -0.15) is 0 Å². The van der Waals surface area contributed by atoms with Crippen LogP contribution in [-0.2, 0) is 28.4 Å². The summed E-state index contributed by atoms with van der Waals surface area (Å²) in [7, 11) is 3.03. The van der Waals surface area contributed by atoms with Gasteiger partial charge in [0, 0.05) is 57.2 Å². The summed E-state index contributed by atoms with van der Waals surface area (Å²) in [5.41, 5.74) is 0. The van der Waals surface area contributed by atoms with E-state index in [1.165, 1.54) is 14.2 Å². The van der Waals surface area contributed by atoms with Crippen molar-refractivity contribution in [1.82, 2.24) is 0 Å². The molecule has 0 spiro atoms. The smallest absolute Gasteiger partial charge is 0.187 e. The predicted molar refractivity (Wildman–Crippen MR) is 197 cm³/mol. The molecule has 334 valence electrons. The molecule has 0 aromatic rings. The van der Waals surface area contributed by atoms with Crippen LogP contribution in [0.3, 0.4) is 0 Å². The second-order valence-electron chi connectivity index (χ2n) is 18.8. The van der Waals surface area contributed by atoms with Crippen molar-refractivity contribution in [3.05, 3.63) is 0 Å². The molecule has 4 heterocycles. The number of rotatable bonds is 8. The second kappa shape index (κ2) is 17.8. The van der Waals surface area contributed by atoms with Crippen LogP contribution in [-0.4, -0.2) is 210 Å². The van der Waals surface area contributed by atoms with E-state index in [0.717, 1.165) is 0 Å². The minimum Gasteiger partial charge on any atom is -0.427 e. The van der Waals surface area contributed by atoms with E-state index in [4.69, 9.17) is 33.2 Å². The molecule has 0 aromatic carbocycles. The second-order valence-corrected chi connectivity index (χ2v) is 18.8. The van der Waals surface area contributed by atoms with Gasteiger partial charge < -0.3 is 89.3 Å². The maximum atomic E-state index is 11.9. The first kappa shape index (κ1) is 43.9. The van der Waals surface area contributed by atoms with Gasteiger partial charge in [0.05, 0.1) is 85.8 Å². The summed E-state index contributed by atoms with van der Waals surface area (Å²) in [4.78, 5) is 0. The molecule has 58 heavy (non-hydrogen) atoms. The highest BCUT2D eigenvalue weighted by molar-refractivity contribution is 5.09. The molecule has 0 amide bonds. The number of aliphatic hydroxyl groups excluding tert-OH is 11. The largest absolute Gasteiger partial charge is 0.427 e. The van der Waals surface area contributed by atoms with Crippen LogP contribution in [0.2, 0.25) is 0 Å². The maximum absolute atomic E-state index is 11.9. The normalized spacial score (nSPS) is 57.6. The van der Waals surface area contributed by atoms with Crippen molar-refractivity contribution in [1.29, 1.82) is 0 Å². The molecule has 0 aromatic heterocycles. The quantitative estimate of drug-likeness (QED) is 0.105. The van der Waals surface area contributed by atoms with E-state index >= 15 is 0 Å². The number of hydrogen-bond acceptors (Lipinski definition) is 17. The average molecular weight is 836 g/mol. The number of methoxy groups -OCH3 is 2. The van der Waals surface area contributed by atoms with Gasteiger partial charge in [-0.3, -0.25) is 0 Å². The molecule has 25 atom stereocenters. The molecule has 4 saturated carbocycles. The first-order valence-corrected chi connectivity index (χ1v) is 21.5.